The van der Waals surface area contributed by atoms with Crippen molar-refractivity contribution in [1.82, 2.24) is 14.9 Å². The number of benzene rings is 1. The van der Waals surface area contributed by atoms with Gasteiger partial charge in [0.2, 0.25) is 5.95 Å². The number of hydrogen-bond acceptors (Lipinski definition) is 5. The maximum absolute atomic E-state index is 5.68. The lowest BCUT2D eigenvalue weighted by Crippen LogP contribution is -2.13. The molecule has 0 fully saturated rings. The Balaban J connectivity index is 2.49. The summed E-state index contributed by atoms with van der Waals surface area (Å²) < 4.78 is 7.17. The van der Waals surface area contributed by atoms with Crippen LogP contribution >= 0.6 is 15.9 Å². The van der Waals surface area contributed by atoms with Gasteiger partial charge >= 0.3 is 0 Å². The molecule has 1 aromatic heterocycles. The van der Waals surface area contributed by atoms with Gasteiger partial charge in [0.15, 0.2) is 5.82 Å². The zero-order valence-corrected chi connectivity index (χ0v) is 10.1. The Labute approximate surface area is 100 Å². The van der Waals surface area contributed by atoms with Crippen molar-refractivity contribution < 1.29 is 4.74 Å². The van der Waals surface area contributed by atoms with E-state index in [1.54, 1.807) is 7.11 Å². The van der Waals surface area contributed by atoms with E-state index in [9.17, 15) is 0 Å². The SMILES string of the molecule is COc1ccc(-c2nnc(N)n2N)cc1Br. The Bertz CT molecular complexity index is 525. The van der Waals surface area contributed by atoms with Gasteiger partial charge in [0, 0.05) is 5.56 Å². The van der Waals surface area contributed by atoms with Crippen molar-refractivity contribution in [2.75, 3.05) is 18.7 Å². The Morgan fingerprint density at radius 3 is 2.62 bits per heavy atom. The van der Waals surface area contributed by atoms with Gasteiger partial charge in [-0.2, -0.15) is 0 Å². The molecule has 2 aromatic rings. The molecule has 0 aliphatic carbocycles. The van der Waals surface area contributed by atoms with Crippen LogP contribution in [0.1, 0.15) is 0 Å². The summed E-state index contributed by atoms with van der Waals surface area (Å²) in [7, 11) is 1.60. The molecule has 0 unspecified atom stereocenters. The number of nitrogens with two attached hydrogens (primary N) is 2. The van der Waals surface area contributed by atoms with Crippen molar-refractivity contribution in [2.24, 2.45) is 0 Å². The van der Waals surface area contributed by atoms with E-state index in [2.05, 4.69) is 26.1 Å². The first-order valence-corrected chi connectivity index (χ1v) is 5.22. The summed E-state index contributed by atoms with van der Waals surface area (Å²) in [5, 5.41) is 7.57. The van der Waals surface area contributed by atoms with E-state index in [1.165, 1.54) is 4.68 Å². The van der Waals surface area contributed by atoms with Crippen LogP contribution in [0, 0.1) is 0 Å². The number of anilines is 1. The number of hydrogen-bond donors (Lipinski definition) is 2. The molecular formula is C9H10BrN5O. The third-order valence-corrected chi connectivity index (χ3v) is 2.75. The molecule has 84 valence electrons. The highest BCUT2D eigenvalue weighted by Crippen LogP contribution is 2.29. The number of aromatic nitrogens is 3. The van der Waals surface area contributed by atoms with E-state index in [0.29, 0.717) is 5.82 Å². The third-order valence-electron chi connectivity index (χ3n) is 2.13. The fourth-order valence-corrected chi connectivity index (χ4v) is 1.85. The van der Waals surface area contributed by atoms with E-state index < -0.39 is 0 Å². The summed E-state index contributed by atoms with van der Waals surface area (Å²) in [4.78, 5) is 0. The second-order valence-electron chi connectivity index (χ2n) is 3.10. The maximum atomic E-state index is 5.68. The molecule has 6 nitrogen and oxygen atoms in total. The number of nitrogens with zero attached hydrogens (tertiary/aromatic N) is 3. The first-order valence-electron chi connectivity index (χ1n) is 4.43. The van der Waals surface area contributed by atoms with E-state index in [4.69, 9.17) is 16.3 Å². The lowest BCUT2D eigenvalue weighted by Gasteiger charge is -2.05. The lowest BCUT2D eigenvalue weighted by molar-refractivity contribution is 0.412. The predicted octanol–water partition coefficient (Wildman–Crippen LogP) is 1.01. The van der Waals surface area contributed by atoms with Gasteiger partial charge in [-0.3, -0.25) is 0 Å². The molecule has 0 aliphatic heterocycles. The van der Waals surface area contributed by atoms with Crippen molar-refractivity contribution in [3.8, 4) is 17.1 Å². The monoisotopic (exact) mass is 283 g/mol. The summed E-state index contributed by atoms with van der Waals surface area (Å²) in [6.07, 6.45) is 0. The molecule has 0 aliphatic rings. The molecule has 0 atom stereocenters. The standard InChI is InChI=1S/C9H10BrN5O/c1-16-7-3-2-5(4-6(7)10)8-13-14-9(11)15(8)12/h2-4H,12H2,1H3,(H2,11,14). The van der Waals surface area contributed by atoms with Crippen LogP contribution in [0.3, 0.4) is 0 Å². The van der Waals surface area contributed by atoms with Crippen LogP contribution in [0.25, 0.3) is 11.4 Å². The van der Waals surface area contributed by atoms with Gasteiger partial charge in [0.1, 0.15) is 5.75 Å². The number of rotatable bonds is 2. The van der Waals surface area contributed by atoms with Gasteiger partial charge in [-0.15, -0.1) is 10.2 Å². The molecule has 2 rings (SSSR count). The van der Waals surface area contributed by atoms with Crippen LogP contribution in [0.5, 0.6) is 5.75 Å². The quantitative estimate of drug-likeness (QED) is 0.803. The molecule has 0 saturated carbocycles. The fourth-order valence-electron chi connectivity index (χ4n) is 1.31. The fraction of sp³-hybridized carbons (Fsp3) is 0.111. The first-order chi connectivity index (χ1) is 7.63. The van der Waals surface area contributed by atoms with Gasteiger partial charge in [-0.25, -0.2) is 4.68 Å². The Morgan fingerprint density at radius 2 is 2.12 bits per heavy atom. The average molecular weight is 284 g/mol. The van der Waals surface area contributed by atoms with Crippen molar-refractivity contribution in [3.63, 3.8) is 0 Å². The number of halogens is 1. The van der Waals surface area contributed by atoms with Crippen molar-refractivity contribution in [1.29, 1.82) is 0 Å². The molecule has 4 N–H and O–H groups in total. The molecule has 16 heavy (non-hydrogen) atoms. The normalized spacial score (nSPS) is 10.4. The molecule has 1 heterocycles. The largest absolute Gasteiger partial charge is 0.496 e. The van der Waals surface area contributed by atoms with E-state index in [0.717, 1.165) is 15.8 Å². The highest BCUT2D eigenvalue weighted by atomic mass is 79.9. The van der Waals surface area contributed by atoms with E-state index in [1.807, 2.05) is 18.2 Å². The summed E-state index contributed by atoms with van der Waals surface area (Å²) >= 11 is 3.38. The molecule has 0 spiro atoms. The summed E-state index contributed by atoms with van der Waals surface area (Å²) in [5.41, 5.74) is 6.31. The molecule has 0 saturated heterocycles. The minimum Gasteiger partial charge on any atom is -0.496 e. The highest BCUT2D eigenvalue weighted by Gasteiger charge is 2.10. The summed E-state index contributed by atoms with van der Waals surface area (Å²) in [6.45, 7) is 0. The van der Waals surface area contributed by atoms with E-state index >= 15 is 0 Å². The maximum Gasteiger partial charge on any atom is 0.241 e. The third kappa shape index (κ3) is 1.69. The van der Waals surface area contributed by atoms with E-state index in [-0.39, 0.29) is 5.95 Å². The minimum atomic E-state index is 0.168. The van der Waals surface area contributed by atoms with Gasteiger partial charge < -0.3 is 16.3 Å². The topological polar surface area (TPSA) is 92.0 Å². The zero-order valence-electron chi connectivity index (χ0n) is 8.51. The highest BCUT2D eigenvalue weighted by molar-refractivity contribution is 9.10. The number of nitrogen functional groups attached to an aromatic ring is 2. The van der Waals surface area contributed by atoms with Crippen molar-refractivity contribution >= 4 is 21.9 Å². The first kappa shape index (κ1) is 10.7. The van der Waals surface area contributed by atoms with Crippen LogP contribution in [-0.4, -0.2) is 22.0 Å². The molecule has 0 radical (unpaired) electrons. The molecule has 1 aromatic carbocycles. The Morgan fingerprint density at radius 1 is 1.38 bits per heavy atom. The Hall–Kier alpha value is -1.76. The van der Waals surface area contributed by atoms with Gasteiger partial charge in [-0.1, -0.05) is 0 Å². The molecule has 0 bridgehead atoms. The minimum absolute atomic E-state index is 0.168. The second-order valence-corrected chi connectivity index (χ2v) is 3.96. The molecule has 7 heteroatoms. The zero-order chi connectivity index (χ0) is 11.7. The summed E-state index contributed by atoms with van der Waals surface area (Å²) in [6, 6.07) is 5.48. The molecule has 0 amide bonds. The van der Waals surface area contributed by atoms with Crippen molar-refractivity contribution in [2.45, 2.75) is 0 Å². The van der Waals surface area contributed by atoms with Crippen LogP contribution in [0.2, 0.25) is 0 Å². The Kier molecular flexibility index (Phi) is 2.69. The van der Waals surface area contributed by atoms with Crippen LogP contribution in [0.15, 0.2) is 22.7 Å². The smallest absolute Gasteiger partial charge is 0.241 e. The summed E-state index contributed by atoms with van der Waals surface area (Å²) in [5.74, 6) is 7.08. The molecular weight excluding hydrogens is 274 g/mol. The van der Waals surface area contributed by atoms with Gasteiger partial charge in [-0.05, 0) is 34.1 Å². The number of methoxy groups -OCH3 is 1. The van der Waals surface area contributed by atoms with Gasteiger partial charge in [0.05, 0.1) is 11.6 Å². The van der Waals surface area contributed by atoms with Crippen LogP contribution in [-0.2, 0) is 0 Å². The predicted molar refractivity (Wildman–Crippen MR) is 64.3 cm³/mol. The average Bonchev–Trinajstić information content (AvgIpc) is 2.60. The van der Waals surface area contributed by atoms with Crippen LogP contribution < -0.4 is 16.3 Å². The van der Waals surface area contributed by atoms with Crippen molar-refractivity contribution in [3.05, 3.63) is 22.7 Å². The van der Waals surface area contributed by atoms with Gasteiger partial charge in [0.25, 0.3) is 0 Å². The second kappa shape index (κ2) is 4.01. The number of ether oxygens (including phenoxy) is 1. The lowest BCUT2D eigenvalue weighted by atomic mass is 10.2. The van der Waals surface area contributed by atoms with Crippen LogP contribution in [0.4, 0.5) is 5.95 Å².